The van der Waals surface area contributed by atoms with Crippen LogP contribution in [0, 0.1) is 0 Å². The van der Waals surface area contributed by atoms with Crippen molar-refractivity contribution in [2.45, 2.75) is 12.6 Å². The number of nitrogens with zero attached hydrogens (tertiary/aromatic N) is 2. The number of hydrogen-bond donors (Lipinski definition) is 1. The van der Waals surface area contributed by atoms with Gasteiger partial charge in [-0.25, -0.2) is 9.59 Å². The van der Waals surface area contributed by atoms with Crippen molar-refractivity contribution in [2.24, 2.45) is 5.16 Å². The SMILES string of the molecule is COC(=O)C1c2ccccc2/C(=N/OCc2ccccc2)CN1C(=O)O. The molecule has 2 aromatic rings. The van der Waals surface area contributed by atoms with Crippen molar-refractivity contribution in [1.29, 1.82) is 0 Å². The number of amides is 1. The predicted molar refractivity (Wildman–Crippen MR) is 93.7 cm³/mol. The van der Waals surface area contributed by atoms with E-state index in [4.69, 9.17) is 9.57 Å². The van der Waals surface area contributed by atoms with Crippen LogP contribution in [0.4, 0.5) is 4.79 Å². The van der Waals surface area contributed by atoms with Gasteiger partial charge in [0, 0.05) is 5.56 Å². The first-order chi connectivity index (χ1) is 12.6. The summed E-state index contributed by atoms with van der Waals surface area (Å²) in [6.45, 7) is 0.195. The first-order valence-electron chi connectivity index (χ1n) is 8.01. The topological polar surface area (TPSA) is 88.4 Å². The molecule has 1 unspecified atom stereocenters. The van der Waals surface area contributed by atoms with Gasteiger partial charge < -0.3 is 14.7 Å². The molecule has 1 amide bonds. The number of carbonyl (C=O) groups is 2. The maximum absolute atomic E-state index is 12.2. The molecule has 0 spiro atoms. The van der Waals surface area contributed by atoms with E-state index in [-0.39, 0.29) is 13.2 Å². The summed E-state index contributed by atoms with van der Waals surface area (Å²) in [6.07, 6.45) is -1.23. The average molecular weight is 354 g/mol. The Morgan fingerprint density at radius 1 is 1.15 bits per heavy atom. The fraction of sp³-hybridized carbons (Fsp3) is 0.211. The number of esters is 1. The molecule has 26 heavy (non-hydrogen) atoms. The standard InChI is InChI=1S/C19H18N2O5/c1-25-18(22)17-15-10-6-5-9-14(15)16(11-21(17)19(23)24)20-26-12-13-7-3-2-4-8-13/h2-10,17H,11-12H2,1H3,(H,23,24)/b20-16+. The average Bonchev–Trinajstić information content (AvgIpc) is 2.67. The minimum Gasteiger partial charge on any atom is -0.467 e. The van der Waals surface area contributed by atoms with Gasteiger partial charge in [-0.3, -0.25) is 4.90 Å². The number of benzene rings is 2. The van der Waals surface area contributed by atoms with Crippen LogP contribution in [0.1, 0.15) is 22.7 Å². The summed E-state index contributed by atoms with van der Waals surface area (Å²) in [5.41, 5.74) is 2.59. The summed E-state index contributed by atoms with van der Waals surface area (Å²) in [4.78, 5) is 30.2. The van der Waals surface area contributed by atoms with E-state index in [2.05, 4.69) is 5.16 Å². The largest absolute Gasteiger partial charge is 0.467 e. The first kappa shape index (κ1) is 17.5. The van der Waals surface area contributed by atoms with Crippen molar-refractivity contribution < 1.29 is 24.3 Å². The van der Waals surface area contributed by atoms with Crippen LogP contribution in [0.2, 0.25) is 0 Å². The Balaban J connectivity index is 1.92. The van der Waals surface area contributed by atoms with Gasteiger partial charge in [0.2, 0.25) is 0 Å². The summed E-state index contributed by atoms with van der Waals surface area (Å²) in [5, 5.41) is 13.7. The summed E-state index contributed by atoms with van der Waals surface area (Å²) < 4.78 is 4.79. The maximum Gasteiger partial charge on any atom is 0.408 e. The molecule has 1 atom stereocenters. The second kappa shape index (κ2) is 7.69. The zero-order valence-corrected chi connectivity index (χ0v) is 14.2. The Bertz CT molecular complexity index is 835. The number of carbonyl (C=O) groups excluding carboxylic acids is 1. The highest BCUT2D eigenvalue weighted by Gasteiger charge is 2.39. The molecule has 1 heterocycles. The number of carboxylic acid groups (broad SMARTS) is 1. The molecule has 1 aliphatic heterocycles. The van der Waals surface area contributed by atoms with Gasteiger partial charge >= 0.3 is 12.1 Å². The molecule has 1 N–H and O–H groups in total. The van der Waals surface area contributed by atoms with E-state index in [9.17, 15) is 14.7 Å². The minimum absolute atomic E-state index is 0.0685. The molecule has 0 saturated carbocycles. The third kappa shape index (κ3) is 3.51. The Hall–Kier alpha value is -3.35. The third-order valence-corrected chi connectivity index (χ3v) is 4.12. The second-order valence-electron chi connectivity index (χ2n) is 5.72. The lowest BCUT2D eigenvalue weighted by Gasteiger charge is -2.33. The van der Waals surface area contributed by atoms with Crippen LogP contribution < -0.4 is 0 Å². The fourth-order valence-electron chi connectivity index (χ4n) is 2.88. The Labute approximate surface area is 150 Å². The maximum atomic E-state index is 12.2. The highest BCUT2D eigenvalue weighted by atomic mass is 16.6. The Morgan fingerprint density at radius 3 is 2.54 bits per heavy atom. The molecule has 0 radical (unpaired) electrons. The summed E-state index contributed by atoms with van der Waals surface area (Å²) in [6, 6.07) is 15.5. The molecule has 0 fully saturated rings. The highest BCUT2D eigenvalue weighted by molar-refractivity contribution is 6.07. The van der Waals surface area contributed by atoms with Crippen LogP contribution >= 0.6 is 0 Å². The van der Waals surface area contributed by atoms with Crippen LogP contribution in [0.3, 0.4) is 0 Å². The molecule has 0 saturated heterocycles. The van der Waals surface area contributed by atoms with E-state index in [1.165, 1.54) is 7.11 Å². The molecule has 0 aliphatic carbocycles. The van der Waals surface area contributed by atoms with Crippen LogP contribution in [-0.2, 0) is 21.0 Å². The number of oxime groups is 1. The van der Waals surface area contributed by atoms with Crippen molar-refractivity contribution in [3.8, 4) is 0 Å². The van der Waals surface area contributed by atoms with Crippen LogP contribution in [0.25, 0.3) is 0 Å². The Morgan fingerprint density at radius 2 is 1.85 bits per heavy atom. The summed E-state index contributed by atoms with van der Waals surface area (Å²) in [7, 11) is 1.23. The molecule has 1 aliphatic rings. The van der Waals surface area contributed by atoms with Crippen molar-refractivity contribution >= 4 is 17.8 Å². The molecular formula is C19H18N2O5. The molecule has 134 valence electrons. The van der Waals surface area contributed by atoms with Crippen molar-refractivity contribution in [3.63, 3.8) is 0 Å². The van der Waals surface area contributed by atoms with Crippen molar-refractivity contribution in [3.05, 3.63) is 71.3 Å². The zero-order valence-electron chi connectivity index (χ0n) is 14.2. The molecule has 3 rings (SSSR count). The van der Waals surface area contributed by atoms with E-state index in [0.29, 0.717) is 16.8 Å². The van der Waals surface area contributed by atoms with Gasteiger partial charge in [-0.15, -0.1) is 0 Å². The van der Waals surface area contributed by atoms with Gasteiger partial charge in [-0.05, 0) is 11.1 Å². The van der Waals surface area contributed by atoms with Gasteiger partial charge in [0.25, 0.3) is 0 Å². The zero-order chi connectivity index (χ0) is 18.5. The van der Waals surface area contributed by atoms with Gasteiger partial charge in [-0.2, -0.15) is 0 Å². The van der Waals surface area contributed by atoms with Crippen molar-refractivity contribution in [2.75, 3.05) is 13.7 Å². The van der Waals surface area contributed by atoms with E-state index < -0.39 is 18.1 Å². The smallest absolute Gasteiger partial charge is 0.408 e. The molecule has 0 aromatic heterocycles. The minimum atomic E-state index is -1.23. The van der Waals surface area contributed by atoms with E-state index in [1.54, 1.807) is 24.3 Å². The van der Waals surface area contributed by atoms with Crippen LogP contribution in [0.15, 0.2) is 59.8 Å². The lowest BCUT2D eigenvalue weighted by molar-refractivity contribution is -0.146. The number of hydrogen-bond acceptors (Lipinski definition) is 5. The Kier molecular flexibility index (Phi) is 5.17. The summed E-state index contributed by atoms with van der Waals surface area (Å²) >= 11 is 0. The van der Waals surface area contributed by atoms with Gasteiger partial charge in [-0.1, -0.05) is 59.8 Å². The van der Waals surface area contributed by atoms with Crippen LogP contribution in [0.5, 0.6) is 0 Å². The normalized spacial score (nSPS) is 17.5. The van der Waals surface area contributed by atoms with Gasteiger partial charge in [0.15, 0.2) is 6.04 Å². The molecule has 0 bridgehead atoms. The molecule has 2 aromatic carbocycles. The second-order valence-corrected chi connectivity index (χ2v) is 5.72. The van der Waals surface area contributed by atoms with Crippen molar-refractivity contribution in [1.82, 2.24) is 4.90 Å². The fourth-order valence-corrected chi connectivity index (χ4v) is 2.88. The number of rotatable bonds is 4. The summed E-state index contributed by atoms with van der Waals surface area (Å²) in [5.74, 6) is -0.635. The van der Waals surface area contributed by atoms with Gasteiger partial charge in [0.05, 0.1) is 13.7 Å². The van der Waals surface area contributed by atoms with E-state index >= 15 is 0 Å². The molecule has 7 heteroatoms. The monoisotopic (exact) mass is 354 g/mol. The number of ether oxygens (including phenoxy) is 1. The predicted octanol–water partition coefficient (Wildman–Crippen LogP) is 2.82. The first-order valence-corrected chi connectivity index (χ1v) is 8.01. The molecular weight excluding hydrogens is 336 g/mol. The number of fused-ring (bicyclic) bond motifs is 1. The highest BCUT2D eigenvalue weighted by Crippen LogP contribution is 2.31. The van der Waals surface area contributed by atoms with Crippen LogP contribution in [-0.4, -0.2) is 41.4 Å². The lowest BCUT2D eigenvalue weighted by atomic mass is 9.91. The van der Waals surface area contributed by atoms with E-state index in [0.717, 1.165) is 10.5 Å². The molecule has 7 nitrogen and oxygen atoms in total. The number of methoxy groups -OCH3 is 1. The van der Waals surface area contributed by atoms with Gasteiger partial charge in [0.1, 0.15) is 12.3 Å². The van der Waals surface area contributed by atoms with E-state index in [1.807, 2.05) is 30.3 Å². The lowest BCUT2D eigenvalue weighted by Crippen LogP contribution is -2.46. The quantitative estimate of drug-likeness (QED) is 0.674. The third-order valence-electron chi connectivity index (χ3n) is 4.12.